The Bertz CT molecular complexity index is 2580. The first-order valence-electron chi connectivity index (χ1n) is 29.7. The van der Waals surface area contributed by atoms with Crippen LogP contribution in [0.4, 0.5) is 0 Å². The number of nitrogens with zero attached hydrogens (tertiary/aromatic N) is 4. The van der Waals surface area contributed by atoms with Crippen LogP contribution in [0.1, 0.15) is 125 Å². The summed E-state index contributed by atoms with van der Waals surface area (Å²) in [6, 6.07) is 32.5. The molecule has 5 aliphatic rings. The van der Waals surface area contributed by atoms with Crippen molar-refractivity contribution in [2.24, 2.45) is 11.8 Å². The molecule has 1 saturated carbocycles. The lowest BCUT2D eigenvalue weighted by molar-refractivity contribution is -0.147. The summed E-state index contributed by atoms with van der Waals surface area (Å²) in [4.78, 5) is 121. The summed E-state index contributed by atoms with van der Waals surface area (Å²) < 4.78 is 0. The van der Waals surface area contributed by atoms with E-state index in [1.807, 2.05) is 121 Å². The van der Waals surface area contributed by atoms with E-state index in [-0.39, 0.29) is 97.1 Å². The second-order valence-corrected chi connectivity index (χ2v) is 23.2. The van der Waals surface area contributed by atoms with Gasteiger partial charge in [-0.2, -0.15) is 0 Å². The van der Waals surface area contributed by atoms with Crippen molar-refractivity contribution in [2.75, 3.05) is 40.3 Å². The Hall–Kier alpha value is -7.44. The van der Waals surface area contributed by atoms with Gasteiger partial charge in [0.05, 0.1) is 24.2 Å². The molecule has 4 aromatic rings. The van der Waals surface area contributed by atoms with E-state index >= 15 is 0 Å². The zero-order valence-corrected chi connectivity index (χ0v) is 47.8. The predicted octanol–water partition coefficient (Wildman–Crippen LogP) is 4.75. The zero-order valence-electron chi connectivity index (χ0n) is 47.8. The number of amides is 8. The van der Waals surface area contributed by atoms with E-state index in [4.69, 9.17) is 0 Å². The standard InChI is InChI=1S/C64H82N10O8/c1-41(65-3)59(77)67-51-39-71(35-33-49-29-31-53(73(49)63(51)81)61(79)69-57(45-17-9-5-10-18-45)46-19-11-6-12-20-46)55(75)37-43-25-27-44(28-26-43)38-56(76)72-36-34-50-30-32-54(74(50)64(82)52(40-72)68-60(78)42(2)66-4)62(80)70-58(47-21-13-7-14-22-47)48-23-15-8-16-24-48/h5-24,41-44,49-54,57-58,65-66H,25-40H2,1-4H3,(H,67,77)(H,68,78)(H,69,79)(H,70,80)/t41-,42-,43?,44?,49+,50+,51-,52-,53-,54?/m0/s1. The van der Waals surface area contributed by atoms with E-state index in [9.17, 15) is 38.4 Å². The highest BCUT2D eigenvalue weighted by molar-refractivity contribution is 5.96. The van der Waals surface area contributed by atoms with Crippen molar-refractivity contribution in [1.82, 2.24) is 51.5 Å². The molecule has 5 fully saturated rings. The quantitative estimate of drug-likeness (QED) is 0.0803. The third-order valence-corrected chi connectivity index (χ3v) is 18.0. The van der Waals surface area contributed by atoms with Gasteiger partial charge < -0.3 is 51.5 Å². The van der Waals surface area contributed by atoms with Crippen LogP contribution in [0.25, 0.3) is 0 Å². The van der Waals surface area contributed by atoms with Gasteiger partial charge in [-0.3, -0.25) is 38.4 Å². The van der Waals surface area contributed by atoms with Gasteiger partial charge in [-0.15, -0.1) is 0 Å². The number of rotatable bonds is 18. The zero-order chi connectivity index (χ0) is 57.9. The molecule has 1 aliphatic carbocycles. The maximum Gasteiger partial charge on any atom is 0.247 e. The highest BCUT2D eigenvalue weighted by Gasteiger charge is 2.48. The second kappa shape index (κ2) is 27.6. The monoisotopic (exact) mass is 1120 g/mol. The average Bonchev–Trinajstić information content (AvgIpc) is 4.22. The number of fused-ring (bicyclic) bond motifs is 2. The Morgan fingerprint density at radius 2 is 0.768 bits per heavy atom. The number of carbonyl (C=O) groups excluding carboxylic acids is 8. The summed E-state index contributed by atoms with van der Waals surface area (Å²) in [7, 11) is 3.32. The Balaban J connectivity index is 0.818. The lowest BCUT2D eigenvalue weighted by Crippen LogP contribution is -2.62. The van der Waals surface area contributed by atoms with Crippen LogP contribution in [-0.4, -0.2) is 155 Å². The summed E-state index contributed by atoms with van der Waals surface area (Å²) in [6.45, 7) is 4.07. The van der Waals surface area contributed by atoms with E-state index in [1.165, 1.54) is 0 Å². The minimum Gasteiger partial charge on any atom is -0.343 e. The van der Waals surface area contributed by atoms with Crippen molar-refractivity contribution < 1.29 is 38.4 Å². The largest absolute Gasteiger partial charge is 0.343 e. The predicted molar refractivity (Wildman–Crippen MR) is 311 cm³/mol. The maximum absolute atomic E-state index is 14.8. The van der Waals surface area contributed by atoms with Crippen LogP contribution in [0.5, 0.6) is 0 Å². The Morgan fingerprint density at radius 1 is 0.451 bits per heavy atom. The lowest BCUT2D eigenvalue weighted by atomic mass is 9.78. The number of carbonyl (C=O) groups is 8. The molecule has 8 amide bonds. The molecule has 6 N–H and O–H groups in total. The molecule has 0 radical (unpaired) electrons. The van der Waals surface area contributed by atoms with Gasteiger partial charge >= 0.3 is 0 Å². The van der Waals surface area contributed by atoms with Gasteiger partial charge in [-0.25, -0.2) is 0 Å². The van der Waals surface area contributed by atoms with Crippen LogP contribution in [0.15, 0.2) is 121 Å². The molecule has 18 nitrogen and oxygen atoms in total. The molecule has 4 heterocycles. The van der Waals surface area contributed by atoms with Crippen molar-refractivity contribution >= 4 is 47.3 Å². The van der Waals surface area contributed by atoms with Crippen LogP contribution in [0.2, 0.25) is 0 Å². The van der Waals surface area contributed by atoms with Crippen LogP contribution in [-0.2, 0) is 38.4 Å². The van der Waals surface area contributed by atoms with Gasteiger partial charge in [0.25, 0.3) is 0 Å². The van der Waals surface area contributed by atoms with Crippen molar-refractivity contribution in [3.05, 3.63) is 144 Å². The van der Waals surface area contributed by atoms with Gasteiger partial charge in [-0.1, -0.05) is 121 Å². The van der Waals surface area contributed by atoms with Crippen LogP contribution in [0.3, 0.4) is 0 Å². The van der Waals surface area contributed by atoms with E-state index in [1.54, 1.807) is 47.5 Å². The van der Waals surface area contributed by atoms with E-state index in [0.29, 0.717) is 51.6 Å². The third-order valence-electron chi connectivity index (χ3n) is 18.0. The molecule has 4 aromatic carbocycles. The molecular weight excluding hydrogens is 1040 g/mol. The van der Waals surface area contributed by atoms with Crippen LogP contribution >= 0.6 is 0 Å². The second-order valence-electron chi connectivity index (χ2n) is 23.2. The van der Waals surface area contributed by atoms with Crippen molar-refractivity contribution in [2.45, 2.75) is 151 Å². The summed E-state index contributed by atoms with van der Waals surface area (Å²) in [6.07, 6.45) is 6.46. The molecular formula is C64H82N10O8. The first kappa shape index (κ1) is 59.2. The number of hydrogen-bond acceptors (Lipinski definition) is 10. The van der Waals surface area contributed by atoms with E-state index in [2.05, 4.69) is 31.9 Å². The Kier molecular flexibility index (Phi) is 19.9. The molecule has 0 bridgehead atoms. The van der Waals surface area contributed by atoms with Gasteiger partial charge in [0.2, 0.25) is 47.3 Å². The number of nitrogens with one attached hydrogen (secondary N) is 6. The van der Waals surface area contributed by atoms with Gasteiger partial charge in [-0.05, 0) is 126 Å². The lowest BCUT2D eigenvalue weighted by Gasteiger charge is -2.40. The molecule has 0 spiro atoms. The van der Waals surface area contributed by atoms with Crippen LogP contribution in [0, 0.1) is 11.8 Å². The van der Waals surface area contributed by atoms with Gasteiger partial charge in [0.15, 0.2) is 0 Å². The molecule has 4 saturated heterocycles. The Morgan fingerprint density at radius 3 is 1.07 bits per heavy atom. The molecule has 4 aliphatic heterocycles. The van der Waals surface area contributed by atoms with E-state index < -0.39 is 48.3 Å². The first-order valence-corrected chi connectivity index (χ1v) is 29.7. The first-order chi connectivity index (χ1) is 39.7. The minimum atomic E-state index is -1.07. The fraction of sp³-hybridized carbons (Fsp3) is 0.500. The van der Waals surface area contributed by atoms with Gasteiger partial charge in [0, 0.05) is 51.1 Å². The fourth-order valence-electron chi connectivity index (χ4n) is 13.0. The molecule has 18 heteroatoms. The van der Waals surface area contributed by atoms with E-state index in [0.717, 1.165) is 47.9 Å². The van der Waals surface area contributed by atoms with Crippen molar-refractivity contribution in [3.8, 4) is 0 Å². The summed E-state index contributed by atoms with van der Waals surface area (Å²) in [5, 5.41) is 18.3. The highest BCUT2D eigenvalue weighted by Crippen LogP contribution is 2.37. The maximum atomic E-state index is 14.8. The number of hydrogen-bond donors (Lipinski definition) is 6. The average molecular weight is 1120 g/mol. The van der Waals surface area contributed by atoms with Crippen molar-refractivity contribution in [3.63, 3.8) is 0 Å². The Labute approximate surface area is 482 Å². The SMILES string of the molecule is CN[C@@H](C)C(=O)N[C@H]1CN(C(=O)CC2CCC(CC(=O)N3CC[C@H]4CC[C@@H](C(=O)NC(c5ccccc5)c5ccccc5)N4C(=O)[C@@H](NC(=O)[C@H](C)NC)C3)CC2)CC[C@H]2CCC(C(=O)NC(c3ccccc3)c3ccccc3)N2C1=O. The van der Waals surface area contributed by atoms with Crippen LogP contribution < -0.4 is 31.9 Å². The molecule has 1 unspecified atom stereocenters. The highest BCUT2D eigenvalue weighted by atomic mass is 16.2. The number of benzene rings is 4. The van der Waals surface area contributed by atoms with Crippen molar-refractivity contribution in [1.29, 1.82) is 0 Å². The molecule has 0 aromatic heterocycles. The fourth-order valence-corrected chi connectivity index (χ4v) is 13.0. The number of likely N-dealkylation sites (N-methyl/N-ethyl adjacent to an activating group) is 2. The molecule has 9 rings (SSSR count). The molecule has 82 heavy (non-hydrogen) atoms. The summed E-state index contributed by atoms with van der Waals surface area (Å²) in [5.41, 5.74) is 3.64. The minimum absolute atomic E-state index is 0.0268. The third kappa shape index (κ3) is 14.1. The molecule has 8 atom stereocenters. The summed E-state index contributed by atoms with van der Waals surface area (Å²) in [5.74, 6) is -2.16. The summed E-state index contributed by atoms with van der Waals surface area (Å²) >= 11 is 0. The smallest absolute Gasteiger partial charge is 0.247 e. The van der Waals surface area contributed by atoms with Gasteiger partial charge in [0.1, 0.15) is 24.2 Å². The normalized spacial score (nSPS) is 24.7. The molecule has 436 valence electrons. The topological polar surface area (TPSA) is 222 Å².